The largest absolute Gasteiger partial charge is 0.366 e. The summed E-state index contributed by atoms with van der Waals surface area (Å²) >= 11 is 5.84. The maximum atomic E-state index is 8.85. The molecule has 6 heteroatoms. The van der Waals surface area contributed by atoms with Crippen molar-refractivity contribution in [3.63, 3.8) is 0 Å². The van der Waals surface area contributed by atoms with Crippen LogP contribution in [0.1, 0.15) is 12.5 Å². The second kappa shape index (κ2) is 5.52. The number of pyridine rings is 1. The number of rotatable bonds is 4. The molecule has 0 aliphatic rings. The van der Waals surface area contributed by atoms with Gasteiger partial charge in [0.1, 0.15) is 11.0 Å². The summed E-state index contributed by atoms with van der Waals surface area (Å²) in [6, 6.07) is 5.41. The van der Waals surface area contributed by atoms with Crippen LogP contribution < -0.4 is 5.32 Å². The van der Waals surface area contributed by atoms with Crippen LogP contribution >= 0.6 is 11.6 Å². The summed E-state index contributed by atoms with van der Waals surface area (Å²) in [6.07, 6.45) is 5.38. The molecule has 5 nitrogen and oxygen atoms in total. The van der Waals surface area contributed by atoms with E-state index in [4.69, 9.17) is 16.9 Å². The lowest BCUT2D eigenvalue weighted by Gasteiger charge is -2.15. The number of halogens is 1. The minimum Gasteiger partial charge on any atom is -0.366 e. The molecule has 0 saturated heterocycles. The van der Waals surface area contributed by atoms with Gasteiger partial charge in [0.2, 0.25) is 0 Å². The molecule has 1 N–H and O–H groups in total. The van der Waals surface area contributed by atoms with E-state index in [9.17, 15) is 0 Å². The molecule has 2 rings (SSSR count). The number of hydrogen-bond donors (Lipinski definition) is 1. The number of aromatic nitrogens is 3. The van der Waals surface area contributed by atoms with E-state index >= 15 is 0 Å². The van der Waals surface area contributed by atoms with Crippen molar-refractivity contribution in [2.24, 2.45) is 0 Å². The molecule has 2 heterocycles. The first-order valence-corrected chi connectivity index (χ1v) is 5.85. The van der Waals surface area contributed by atoms with E-state index in [1.807, 2.05) is 23.8 Å². The summed E-state index contributed by atoms with van der Waals surface area (Å²) in [6.45, 7) is 2.78. The fraction of sp³-hybridized carbons (Fsp3) is 0.250. The van der Waals surface area contributed by atoms with Gasteiger partial charge in [-0.25, -0.2) is 9.97 Å². The third-order valence-corrected chi connectivity index (χ3v) is 2.55. The number of nitrogens with zero attached hydrogens (tertiary/aromatic N) is 4. The van der Waals surface area contributed by atoms with Crippen LogP contribution in [0.2, 0.25) is 5.15 Å². The van der Waals surface area contributed by atoms with Gasteiger partial charge in [0, 0.05) is 25.0 Å². The van der Waals surface area contributed by atoms with Crippen LogP contribution in [-0.2, 0) is 6.54 Å². The minimum atomic E-state index is 0.150. The summed E-state index contributed by atoms with van der Waals surface area (Å²) in [5.74, 6) is 0.603. The quantitative estimate of drug-likeness (QED) is 0.858. The molecular weight excluding hydrogens is 250 g/mol. The average Bonchev–Trinajstić information content (AvgIpc) is 2.80. The van der Waals surface area contributed by atoms with E-state index in [0.717, 1.165) is 6.54 Å². The first-order valence-electron chi connectivity index (χ1n) is 5.47. The topological polar surface area (TPSA) is 66.5 Å². The zero-order chi connectivity index (χ0) is 13.0. The third-order valence-electron chi connectivity index (χ3n) is 2.36. The molecule has 0 bridgehead atoms. The Morgan fingerprint density at radius 1 is 1.56 bits per heavy atom. The van der Waals surface area contributed by atoms with Crippen molar-refractivity contribution in [1.29, 1.82) is 5.26 Å². The number of nitrogens with one attached hydrogen (secondary N) is 1. The number of hydrogen-bond acceptors (Lipinski definition) is 4. The molecular formula is C12H12ClN5. The predicted molar refractivity (Wildman–Crippen MR) is 69.3 cm³/mol. The lowest BCUT2D eigenvalue weighted by atomic mass is 10.2. The first kappa shape index (κ1) is 12.4. The van der Waals surface area contributed by atoms with Crippen LogP contribution in [0.25, 0.3) is 0 Å². The van der Waals surface area contributed by atoms with Crippen LogP contribution in [-0.4, -0.2) is 20.6 Å². The van der Waals surface area contributed by atoms with Crippen LogP contribution in [0.15, 0.2) is 30.9 Å². The van der Waals surface area contributed by atoms with Gasteiger partial charge in [-0.15, -0.1) is 0 Å². The van der Waals surface area contributed by atoms with E-state index in [2.05, 4.69) is 15.3 Å². The predicted octanol–water partition coefficient (Wildman–Crippen LogP) is 2.30. The Hall–Kier alpha value is -2.06. The normalized spacial score (nSPS) is 11.8. The first-order chi connectivity index (χ1) is 8.67. The standard InChI is InChI=1S/C12H12ClN5/c1-9(7-18-3-2-15-8-18)16-12-5-10(6-14)4-11(13)17-12/h2-5,8-9H,7H2,1H3,(H,16,17). The van der Waals surface area contributed by atoms with Crippen molar-refractivity contribution in [1.82, 2.24) is 14.5 Å². The summed E-state index contributed by atoms with van der Waals surface area (Å²) < 4.78 is 1.97. The minimum absolute atomic E-state index is 0.150. The van der Waals surface area contributed by atoms with Gasteiger partial charge < -0.3 is 9.88 Å². The second-order valence-corrected chi connectivity index (χ2v) is 4.37. The molecule has 0 aliphatic heterocycles. The Morgan fingerprint density at radius 3 is 3.06 bits per heavy atom. The van der Waals surface area contributed by atoms with Crippen molar-refractivity contribution in [3.05, 3.63) is 41.6 Å². The van der Waals surface area contributed by atoms with E-state index in [0.29, 0.717) is 16.5 Å². The molecule has 0 aliphatic carbocycles. The van der Waals surface area contributed by atoms with Crippen molar-refractivity contribution in [3.8, 4) is 6.07 Å². The zero-order valence-corrected chi connectivity index (χ0v) is 10.6. The molecule has 18 heavy (non-hydrogen) atoms. The van der Waals surface area contributed by atoms with Crippen LogP contribution in [0, 0.1) is 11.3 Å². The number of anilines is 1. The van der Waals surface area contributed by atoms with Gasteiger partial charge in [0.15, 0.2) is 0 Å². The molecule has 0 fully saturated rings. The maximum absolute atomic E-state index is 8.85. The molecule has 0 radical (unpaired) electrons. The van der Waals surface area contributed by atoms with Crippen molar-refractivity contribution in [2.75, 3.05) is 5.32 Å². The molecule has 2 aromatic rings. The Balaban J connectivity index is 2.05. The highest BCUT2D eigenvalue weighted by Gasteiger charge is 2.06. The zero-order valence-electron chi connectivity index (χ0n) is 9.84. The van der Waals surface area contributed by atoms with E-state index in [1.54, 1.807) is 18.6 Å². The monoisotopic (exact) mass is 261 g/mol. The highest BCUT2D eigenvalue weighted by Crippen LogP contribution is 2.14. The van der Waals surface area contributed by atoms with Gasteiger partial charge in [0.05, 0.1) is 18.0 Å². The van der Waals surface area contributed by atoms with Gasteiger partial charge in [-0.2, -0.15) is 5.26 Å². The SMILES string of the molecule is CC(Cn1ccnc1)Nc1cc(C#N)cc(Cl)n1. The van der Waals surface area contributed by atoms with Crippen molar-refractivity contribution < 1.29 is 0 Å². The summed E-state index contributed by atoms with van der Waals surface area (Å²) in [7, 11) is 0. The van der Waals surface area contributed by atoms with Crippen LogP contribution in [0.5, 0.6) is 0 Å². The molecule has 0 saturated carbocycles. The molecule has 1 unspecified atom stereocenters. The van der Waals surface area contributed by atoms with Crippen molar-refractivity contribution >= 4 is 17.4 Å². The van der Waals surface area contributed by atoms with Crippen LogP contribution in [0.4, 0.5) is 5.82 Å². The van der Waals surface area contributed by atoms with Gasteiger partial charge in [-0.1, -0.05) is 11.6 Å². The molecule has 0 amide bonds. The van der Waals surface area contributed by atoms with Gasteiger partial charge in [-0.3, -0.25) is 0 Å². The molecule has 92 valence electrons. The second-order valence-electron chi connectivity index (χ2n) is 3.98. The van der Waals surface area contributed by atoms with Gasteiger partial charge in [0.25, 0.3) is 0 Å². The smallest absolute Gasteiger partial charge is 0.132 e. The summed E-state index contributed by atoms with van der Waals surface area (Å²) in [4.78, 5) is 8.11. The lowest BCUT2D eigenvalue weighted by Crippen LogP contribution is -2.21. The van der Waals surface area contributed by atoms with E-state index < -0.39 is 0 Å². The molecule has 0 aromatic carbocycles. The highest BCUT2D eigenvalue weighted by atomic mass is 35.5. The molecule has 1 atom stereocenters. The Kier molecular flexibility index (Phi) is 3.80. The van der Waals surface area contributed by atoms with Crippen molar-refractivity contribution in [2.45, 2.75) is 19.5 Å². The molecule has 0 spiro atoms. The number of nitriles is 1. The molecule has 2 aromatic heterocycles. The average molecular weight is 262 g/mol. The third kappa shape index (κ3) is 3.22. The lowest BCUT2D eigenvalue weighted by molar-refractivity contribution is 0.617. The number of imidazole rings is 1. The Bertz CT molecular complexity index is 558. The fourth-order valence-electron chi connectivity index (χ4n) is 1.64. The summed E-state index contributed by atoms with van der Waals surface area (Å²) in [5.41, 5.74) is 0.493. The Morgan fingerprint density at radius 2 is 2.39 bits per heavy atom. The van der Waals surface area contributed by atoms with E-state index in [1.165, 1.54) is 6.07 Å². The van der Waals surface area contributed by atoms with Crippen LogP contribution in [0.3, 0.4) is 0 Å². The summed E-state index contributed by atoms with van der Waals surface area (Å²) in [5, 5.41) is 12.4. The maximum Gasteiger partial charge on any atom is 0.132 e. The Labute approximate surface area is 110 Å². The fourth-order valence-corrected chi connectivity index (χ4v) is 1.85. The van der Waals surface area contributed by atoms with E-state index in [-0.39, 0.29) is 6.04 Å². The van der Waals surface area contributed by atoms with Gasteiger partial charge >= 0.3 is 0 Å². The van der Waals surface area contributed by atoms with Gasteiger partial charge in [-0.05, 0) is 19.1 Å². The highest BCUT2D eigenvalue weighted by molar-refractivity contribution is 6.29.